The predicted octanol–water partition coefficient (Wildman–Crippen LogP) is 4.03. The van der Waals surface area contributed by atoms with Crippen molar-refractivity contribution in [3.05, 3.63) is 29.7 Å². The van der Waals surface area contributed by atoms with E-state index >= 15 is 0 Å². The summed E-state index contributed by atoms with van der Waals surface area (Å²) in [5, 5.41) is 8.18. The third-order valence-corrected chi connectivity index (χ3v) is 5.81. The number of alkyl halides is 3. The molecular formula is C19H23F3N4O. The normalized spacial score (nSPS) is 22.3. The fourth-order valence-electron chi connectivity index (χ4n) is 4.35. The second-order valence-corrected chi connectivity index (χ2v) is 7.66. The van der Waals surface area contributed by atoms with Crippen molar-refractivity contribution in [2.75, 3.05) is 13.1 Å². The molecule has 0 spiro atoms. The highest BCUT2D eigenvalue weighted by Gasteiger charge is 2.34. The Hall–Kier alpha value is -2.12. The van der Waals surface area contributed by atoms with Gasteiger partial charge in [-0.25, -0.2) is 0 Å². The summed E-state index contributed by atoms with van der Waals surface area (Å²) >= 11 is 0. The third-order valence-electron chi connectivity index (χ3n) is 5.81. The zero-order valence-electron chi connectivity index (χ0n) is 15.1. The van der Waals surface area contributed by atoms with Crippen LogP contribution >= 0.6 is 0 Å². The molecule has 2 aromatic heterocycles. The first-order chi connectivity index (χ1) is 12.9. The summed E-state index contributed by atoms with van der Waals surface area (Å²) in [6.07, 6.45) is 3.57. The topological polar surface area (TPSA) is 50.5 Å². The molecule has 5 nitrogen and oxygen atoms in total. The van der Waals surface area contributed by atoms with Crippen LogP contribution in [0.2, 0.25) is 0 Å². The summed E-state index contributed by atoms with van der Waals surface area (Å²) in [6, 6.07) is 2.36. The summed E-state index contributed by atoms with van der Waals surface area (Å²) in [7, 11) is 0. The number of nitrogens with zero attached hydrogens (tertiary/aromatic N) is 4. The lowest BCUT2D eigenvalue weighted by atomic mass is 9.87. The van der Waals surface area contributed by atoms with E-state index < -0.39 is 11.7 Å². The summed E-state index contributed by atoms with van der Waals surface area (Å²) < 4.78 is 40.6. The molecule has 1 aliphatic heterocycles. The number of piperidine rings is 1. The van der Waals surface area contributed by atoms with E-state index in [9.17, 15) is 18.0 Å². The lowest BCUT2D eigenvalue weighted by Gasteiger charge is -2.35. The smallest absolute Gasteiger partial charge is 0.342 e. The number of carbonyl (C=O) groups excluding carboxylic acids is 1. The Labute approximate surface area is 155 Å². The maximum atomic E-state index is 13.1. The Balaban J connectivity index is 1.56. The maximum Gasteiger partial charge on any atom is 0.417 e. The number of amides is 1. The largest absolute Gasteiger partial charge is 0.417 e. The second kappa shape index (κ2) is 7.13. The van der Waals surface area contributed by atoms with E-state index in [2.05, 4.69) is 10.2 Å². The van der Waals surface area contributed by atoms with E-state index in [1.54, 1.807) is 0 Å². The molecule has 0 aromatic carbocycles. The van der Waals surface area contributed by atoms with Gasteiger partial charge in [-0.05, 0) is 37.8 Å². The van der Waals surface area contributed by atoms with Crippen molar-refractivity contribution in [3.8, 4) is 0 Å². The number of aromatic nitrogens is 3. The molecule has 0 bridgehead atoms. The molecule has 4 rings (SSSR count). The van der Waals surface area contributed by atoms with Crippen LogP contribution in [0.5, 0.6) is 0 Å². The van der Waals surface area contributed by atoms with Gasteiger partial charge in [0.15, 0.2) is 5.65 Å². The fourth-order valence-corrected chi connectivity index (χ4v) is 4.35. The van der Waals surface area contributed by atoms with Gasteiger partial charge in [-0.3, -0.25) is 9.20 Å². The molecular weight excluding hydrogens is 357 g/mol. The van der Waals surface area contributed by atoms with Crippen LogP contribution in [0.3, 0.4) is 0 Å². The van der Waals surface area contributed by atoms with Gasteiger partial charge >= 0.3 is 6.18 Å². The standard InChI is InChI=1S/C19H23F3N4O/c20-19(21,22)15-8-9-16-23-24-17(26(16)12-15)14-7-4-10-25(11-14)18(27)13-5-2-1-3-6-13/h8-9,12-14H,1-7,10-11H2. The summed E-state index contributed by atoms with van der Waals surface area (Å²) in [5.74, 6) is 0.718. The monoisotopic (exact) mass is 380 g/mol. The van der Waals surface area contributed by atoms with Gasteiger partial charge in [-0.15, -0.1) is 10.2 Å². The first-order valence-corrected chi connectivity index (χ1v) is 9.64. The highest BCUT2D eigenvalue weighted by Crippen LogP contribution is 2.32. The van der Waals surface area contributed by atoms with E-state index in [1.807, 2.05) is 4.90 Å². The Kier molecular flexibility index (Phi) is 4.82. The van der Waals surface area contributed by atoms with E-state index in [1.165, 1.54) is 16.9 Å². The van der Waals surface area contributed by atoms with Crippen molar-refractivity contribution in [2.24, 2.45) is 5.92 Å². The number of pyridine rings is 1. The molecule has 1 saturated carbocycles. The Bertz CT molecular complexity index is 826. The van der Waals surface area contributed by atoms with Crippen molar-refractivity contribution < 1.29 is 18.0 Å². The van der Waals surface area contributed by atoms with Gasteiger partial charge in [0.25, 0.3) is 0 Å². The molecule has 3 heterocycles. The van der Waals surface area contributed by atoms with Crippen molar-refractivity contribution in [1.29, 1.82) is 0 Å². The molecule has 1 unspecified atom stereocenters. The van der Waals surface area contributed by atoms with Gasteiger partial charge in [0, 0.05) is 31.1 Å². The van der Waals surface area contributed by atoms with Crippen LogP contribution in [-0.4, -0.2) is 38.5 Å². The highest BCUT2D eigenvalue weighted by atomic mass is 19.4. The Morgan fingerprint density at radius 3 is 2.56 bits per heavy atom. The SMILES string of the molecule is O=C(C1CCCCC1)N1CCCC(c2nnc3ccc(C(F)(F)F)cn23)C1. The number of hydrogen-bond acceptors (Lipinski definition) is 3. The van der Waals surface area contributed by atoms with Gasteiger partial charge in [-0.1, -0.05) is 19.3 Å². The quantitative estimate of drug-likeness (QED) is 0.790. The number of carbonyl (C=O) groups is 1. The van der Waals surface area contributed by atoms with Gasteiger partial charge < -0.3 is 4.90 Å². The minimum absolute atomic E-state index is 0.0928. The van der Waals surface area contributed by atoms with E-state index in [-0.39, 0.29) is 17.7 Å². The zero-order valence-corrected chi connectivity index (χ0v) is 15.1. The van der Waals surface area contributed by atoms with Gasteiger partial charge in [-0.2, -0.15) is 13.2 Å². The first kappa shape index (κ1) is 18.3. The van der Waals surface area contributed by atoms with Crippen LogP contribution in [0, 0.1) is 5.92 Å². The Morgan fingerprint density at radius 2 is 1.81 bits per heavy atom. The number of likely N-dealkylation sites (tertiary alicyclic amines) is 1. The molecule has 2 fully saturated rings. The van der Waals surface area contributed by atoms with Crippen LogP contribution < -0.4 is 0 Å². The summed E-state index contributed by atoms with van der Waals surface area (Å²) in [5.41, 5.74) is -0.323. The number of fused-ring (bicyclic) bond motifs is 1. The maximum absolute atomic E-state index is 13.1. The number of rotatable bonds is 2. The zero-order chi connectivity index (χ0) is 19.0. The van der Waals surface area contributed by atoms with Gasteiger partial charge in [0.1, 0.15) is 5.82 Å². The van der Waals surface area contributed by atoms with Gasteiger partial charge in [0.2, 0.25) is 5.91 Å². The van der Waals surface area contributed by atoms with E-state index in [0.29, 0.717) is 18.0 Å². The average molecular weight is 380 g/mol. The fraction of sp³-hybridized carbons (Fsp3) is 0.632. The molecule has 2 aromatic rings. The molecule has 1 aliphatic carbocycles. The molecule has 8 heteroatoms. The molecule has 1 atom stereocenters. The minimum atomic E-state index is -4.41. The van der Waals surface area contributed by atoms with Crippen LogP contribution in [0.15, 0.2) is 18.3 Å². The summed E-state index contributed by atoms with van der Waals surface area (Å²) in [6.45, 7) is 1.22. The average Bonchev–Trinajstić information content (AvgIpc) is 3.11. The third kappa shape index (κ3) is 3.66. The Morgan fingerprint density at radius 1 is 1.04 bits per heavy atom. The lowest BCUT2D eigenvalue weighted by molar-refractivity contribution is -0.138. The number of halogens is 3. The van der Waals surface area contributed by atoms with Crippen molar-refractivity contribution in [2.45, 2.75) is 57.0 Å². The van der Waals surface area contributed by atoms with Crippen molar-refractivity contribution in [3.63, 3.8) is 0 Å². The van der Waals surface area contributed by atoms with Crippen molar-refractivity contribution >= 4 is 11.6 Å². The minimum Gasteiger partial charge on any atom is -0.342 e. The van der Waals surface area contributed by atoms with Crippen LogP contribution in [0.1, 0.15) is 62.3 Å². The van der Waals surface area contributed by atoms with Gasteiger partial charge in [0.05, 0.1) is 5.56 Å². The summed E-state index contributed by atoms with van der Waals surface area (Å²) in [4.78, 5) is 14.7. The first-order valence-electron chi connectivity index (χ1n) is 9.64. The predicted molar refractivity (Wildman–Crippen MR) is 93.1 cm³/mol. The lowest BCUT2D eigenvalue weighted by Crippen LogP contribution is -2.43. The molecule has 0 N–H and O–H groups in total. The van der Waals surface area contributed by atoms with E-state index in [0.717, 1.165) is 57.3 Å². The highest BCUT2D eigenvalue weighted by molar-refractivity contribution is 5.79. The molecule has 1 saturated heterocycles. The second-order valence-electron chi connectivity index (χ2n) is 7.66. The number of hydrogen-bond donors (Lipinski definition) is 0. The molecule has 0 radical (unpaired) electrons. The van der Waals surface area contributed by atoms with Crippen LogP contribution in [0.4, 0.5) is 13.2 Å². The van der Waals surface area contributed by atoms with Crippen LogP contribution in [0.25, 0.3) is 5.65 Å². The molecule has 146 valence electrons. The molecule has 1 amide bonds. The molecule has 2 aliphatic rings. The van der Waals surface area contributed by atoms with E-state index in [4.69, 9.17) is 0 Å². The van der Waals surface area contributed by atoms with Crippen LogP contribution in [-0.2, 0) is 11.0 Å². The molecule has 27 heavy (non-hydrogen) atoms. The van der Waals surface area contributed by atoms with Crippen molar-refractivity contribution in [1.82, 2.24) is 19.5 Å².